The Labute approximate surface area is 138 Å². The van der Waals surface area contributed by atoms with E-state index in [-0.39, 0.29) is 12.6 Å². The number of oxime groups is 1. The van der Waals surface area contributed by atoms with Crippen LogP contribution < -0.4 is 0 Å². The quantitative estimate of drug-likeness (QED) is 0.463. The fraction of sp³-hybridized carbons (Fsp3) is 0.125. The molecule has 0 saturated carbocycles. The lowest BCUT2D eigenvalue weighted by Crippen LogP contribution is -2.00. The van der Waals surface area contributed by atoms with E-state index in [1.807, 2.05) is 6.07 Å². The largest absolute Gasteiger partial charge is 0.465 e. The van der Waals surface area contributed by atoms with Crippen LogP contribution in [-0.2, 0) is 16.2 Å². The zero-order valence-corrected chi connectivity index (χ0v) is 13.3. The van der Waals surface area contributed by atoms with Crippen molar-refractivity contribution in [1.29, 1.82) is 0 Å². The lowest BCUT2D eigenvalue weighted by molar-refractivity contribution is 0.0601. The first kappa shape index (κ1) is 16.3. The minimum absolute atomic E-state index is 0.285. The molecule has 114 valence electrons. The molecule has 0 atom stereocenters. The summed E-state index contributed by atoms with van der Waals surface area (Å²) in [5, 5.41) is 4.84. The molecule has 0 aromatic heterocycles. The summed E-state index contributed by atoms with van der Waals surface area (Å²) in [6, 6.07) is 12.1. The van der Waals surface area contributed by atoms with Gasteiger partial charge in [-0.2, -0.15) is 0 Å². The van der Waals surface area contributed by atoms with Gasteiger partial charge in [-0.15, -0.1) is 0 Å². The van der Waals surface area contributed by atoms with Gasteiger partial charge in [0.05, 0.1) is 28.9 Å². The molecule has 0 spiro atoms. The first-order valence-corrected chi connectivity index (χ1v) is 7.13. The minimum Gasteiger partial charge on any atom is -0.465 e. The van der Waals surface area contributed by atoms with Gasteiger partial charge in [0, 0.05) is 0 Å². The summed E-state index contributed by atoms with van der Waals surface area (Å²) in [4.78, 5) is 16.5. The fourth-order valence-corrected chi connectivity index (χ4v) is 1.98. The Morgan fingerprint density at radius 3 is 2.50 bits per heavy atom. The zero-order valence-electron chi connectivity index (χ0n) is 11.8. The summed E-state index contributed by atoms with van der Waals surface area (Å²) in [6.07, 6.45) is 1.55. The van der Waals surface area contributed by atoms with E-state index in [1.165, 1.54) is 7.11 Å². The van der Waals surface area contributed by atoms with Crippen molar-refractivity contribution in [3.05, 3.63) is 69.2 Å². The highest BCUT2D eigenvalue weighted by Crippen LogP contribution is 2.22. The summed E-state index contributed by atoms with van der Waals surface area (Å²) < 4.78 is 4.62. The third-order valence-electron chi connectivity index (χ3n) is 2.82. The van der Waals surface area contributed by atoms with Gasteiger partial charge in [-0.3, -0.25) is 0 Å². The van der Waals surface area contributed by atoms with E-state index in [2.05, 4.69) is 9.89 Å². The van der Waals surface area contributed by atoms with Gasteiger partial charge in [-0.25, -0.2) is 4.79 Å². The van der Waals surface area contributed by atoms with Crippen LogP contribution in [0.15, 0.2) is 47.6 Å². The summed E-state index contributed by atoms with van der Waals surface area (Å²) >= 11 is 11.7. The highest BCUT2D eigenvalue weighted by atomic mass is 35.5. The maximum atomic E-state index is 11.3. The highest BCUT2D eigenvalue weighted by molar-refractivity contribution is 6.42. The molecule has 0 aliphatic carbocycles. The maximum absolute atomic E-state index is 11.3. The van der Waals surface area contributed by atoms with E-state index >= 15 is 0 Å². The molecule has 0 fully saturated rings. The van der Waals surface area contributed by atoms with E-state index in [9.17, 15) is 4.79 Å². The molecule has 2 rings (SSSR count). The molecule has 0 aliphatic heterocycles. The number of benzene rings is 2. The molecule has 0 amide bonds. The number of ether oxygens (including phenoxy) is 1. The molecule has 0 saturated heterocycles. The van der Waals surface area contributed by atoms with E-state index in [1.54, 1.807) is 42.6 Å². The second kappa shape index (κ2) is 7.82. The predicted octanol–water partition coefficient (Wildman–Crippen LogP) is 4.33. The number of methoxy groups -OCH3 is 1. The normalized spacial score (nSPS) is 10.7. The molecule has 0 N–H and O–H groups in total. The van der Waals surface area contributed by atoms with Gasteiger partial charge in [-0.1, -0.05) is 46.6 Å². The van der Waals surface area contributed by atoms with Gasteiger partial charge < -0.3 is 9.57 Å². The van der Waals surface area contributed by atoms with Crippen LogP contribution in [0.25, 0.3) is 0 Å². The number of carbonyl (C=O) groups excluding carboxylic acids is 1. The first-order chi connectivity index (χ1) is 10.6. The Bertz CT molecular complexity index is 684. The number of halogens is 2. The Morgan fingerprint density at radius 2 is 1.86 bits per heavy atom. The van der Waals surface area contributed by atoms with Gasteiger partial charge in [-0.05, 0) is 35.4 Å². The number of nitrogens with zero attached hydrogens (tertiary/aromatic N) is 1. The number of esters is 1. The van der Waals surface area contributed by atoms with Crippen molar-refractivity contribution >= 4 is 35.4 Å². The van der Waals surface area contributed by atoms with Gasteiger partial charge in [0.15, 0.2) is 0 Å². The van der Waals surface area contributed by atoms with Crippen LogP contribution in [0.3, 0.4) is 0 Å². The van der Waals surface area contributed by atoms with Crippen LogP contribution >= 0.6 is 23.2 Å². The van der Waals surface area contributed by atoms with Gasteiger partial charge in [0.1, 0.15) is 6.61 Å². The van der Waals surface area contributed by atoms with Crippen LogP contribution in [0.5, 0.6) is 0 Å². The Balaban J connectivity index is 1.89. The number of carbonyl (C=O) groups is 1. The fourth-order valence-electron chi connectivity index (χ4n) is 1.66. The van der Waals surface area contributed by atoms with E-state index in [0.29, 0.717) is 15.6 Å². The van der Waals surface area contributed by atoms with Crippen molar-refractivity contribution < 1.29 is 14.4 Å². The molecule has 0 heterocycles. The van der Waals surface area contributed by atoms with Crippen molar-refractivity contribution in [3.63, 3.8) is 0 Å². The molecule has 22 heavy (non-hydrogen) atoms. The van der Waals surface area contributed by atoms with Crippen molar-refractivity contribution in [2.45, 2.75) is 6.61 Å². The molecule has 0 aliphatic rings. The molecular weight excluding hydrogens is 325 g/mol. The zero-order chi connectivity index (χ0) is 15.9. The standard InChI is InChI=1S/C16H13Cl2NO3/c1-21-16(20)13-5-2-11(3-6-13)9-19-22-10-12-4-7-14(17)15(18)8-12/h2-9H,10H2,1H3/b19-9+. The van der Waals surface area contributed by atoms with Crippen molar-refractivity contribution in [3.8, 4) is 0 Å². The molecule has 6 heteroatoms. The average Bonchev–Trinajstić information content (AvgIpc) is 2.54. The van der Waals surface area contributed by atoms with Crippen LogP contribution in [0.4, 0.5) is 0 Å². The van der Waals surface area contributed by atoms with Crippen LogP contribution in [0.1, 0.15) is 21.5 Å². The van der Waals surface area contributed by atoms with Crippen molar-refractivity contribution in [1.82, 2.24) is 0 Å². The number of rotatable bonds is 5. The molecule has 2 aromatic carbocycles. The lowest BCUT2D eigenvalue weighted by atomic mass is 10.1. The highest BCUT2D eigenvalue weighted by Gasteiger charge is 2.03. The third-order valence-corrected chi connectivity index (χ3v) is 3.56. The minimum atomic E-state index is -0.376. The summed E-state index contributed by atoms with van der Waals surface area (Å²) in [5.74, 6) is -0.376. The molecule has 0 bridgehead atoms. The van der Waals surface area contributed by atoms with Gasteiger partial charge in [0.25, 0.3) is 0 Å². The van der Waals surface area contributed by atoms with E-state index in [4.69, 9.17) is 28.0 Å². The van der Waals surface area contributed by atoms with Crippen molar-refractivity contribution in [2.24, 2.45) is 5.16 Å². The lowest BCUT2D eigenvalue weighted by Gasteiger charge is -2.02. The third kappa shape index (κ3) is 4.48. The average molecular weight is 338 g/mol. The summed E-state index contributed by atoms with van der Waals surface area (Å²) in [7, 11) is 1.34. The van der Waals surface area contributed by atoms with Crippen LogP contribution in [0.2, 0.25) is 10.0 Å². The Kier molecular flexibility index (Phi) is 5.81. The SMILES string of the molecule is COC(=O)c1ccc(/C=N/OCc2ccc(Cl)c(Cl)c2)cc1. The second-order valence-electron chi connectivity index (χ2n) is 4.37. The molecule has 2 aromatic rings. The summed E-state index contributed by atoms with van der Waals surface area (Å²) in [5.41, 5.74) is 2.16. The van der Waals surface area contributed by atoms with Crippen LogP contribution in [-0.4, -0.2) is 19.3 Å². The Morgan fingerprint density at radius 1 is 1.14 bits per heavy atom. The van der Waals surface area contributed by atoms with Crippen LogP contribution in [0, 0.1) is 0 Å². The van der Waals surface area contributed by atoms with E-state index < -0.39 is 0 Å². The van der Waals surface area contributed by atoms with Gasteiger partial charge in [0.2, 0.25) is 0 Å². The van der Waals surface area contributed by atoms with Crippen molar-refractivity contribution in [2.75, 3.05) is 7.11 Å². The Hall–Kier alpha value is -2.04. The first-order valence-electron chi connectivity index (χ1n) is 6.38. The molecule has 4 nitrogen and oxygen atoms in total. The molecular formula is C16H13Cl2NO3. The monoisotopic (exact) mass is 337 g/mol. The molecule has 0 unspecified atom stereocenters. The van der Waals surface area contributed by atoms with Gasteiger partial charge >= 0.3 is 5.97 Å². The number of hydrogen-bond donors (Lipinski definition) is 0. The molecule has 0 radical (unpaired) electrons. The predicted molar refractivity (Wildman–Crippen MR) is 86.6 cm³/mol. The second-order valence-corrected chi connectivity index (χ2v) is 5.18. The van der Waals surface area contributed by atoms with E-state index in [0.717, 1.165) is 11.1 Å². The summed E-state index contributed by atoms with van der Waals surface area (Å²) in [6.45, 7) is 0.285. The number of hydrogen-bond acceptors (Lipinski definition) is 4. The smallest absolute Gasteiger partial charge is 0.337 e. The maximum Gasteiger partial charge on any atom is 0.337 e. The topological polar surface area (TPSA) is 47.9 Å².